The number of nitrogens with two attached hydrogens (primary N) is 1. The van der Waals surface area contributed by atoms with Crippen LogP contribution in [0.3, 0.4) is 0 Å². The van der Waals surface area contributed by atoms with Crippen molar-refractivity contribution in [3.63, 3.8) is 0 Å². The van der Waals surface area contributed by atoms with Crippen LogP contribution in [-0.2, 0) is 16.4 Å². The number of hydrogen-bond donors (Lipinski definition) is 1. The largest absolute Gasteiger partial charge is 0.247 e. The Morgan fingerprint density at radius 1 is 1.41 bits per heavy atom. The van der Waals surface area contributed by atoms with Crippen molar-refractivity contribution in [2.45, 2.75) is 56.6 Å². The van der Waals surface area contributed by atoms with Gasteiger partial charge in [-0.25, -0.2) is 13.6 Å². The van der Waals surface area contributed by atoms with Crippen LogP contribution in [0.5, 0.6) is 0 Å². The fourth-order valence-electron chi connectivity index (χ4n) is 1.85. The van der Waals surface area contributed by atoms with Gasteiger partial charge in [0.15, 0.2) is 0 Å². The molecule has 0 spiro atoms. The lowest BCUT2D eigenvalue weighted by atomic mass is 9.95. The average molecular weight is 275 g/mol. The molecule has 1 rings (SSSR count). The second-order valence-corrected chi connectivity index (χ2v) is 7.05. The molecule has 0 aliphatic rings. The molecule has 1 unspecified atom stereocenters. The lowest BCUT2D eigenvalue weighted by Gasteiger charge is -2.11. The fraction of sp³-hybridized carbons (Fsp3) is 0.667. The van der Waals surface area contributed by atoms with Crippen LogP contribution >= 0.6 is 11.3 Å². The number of rotatable bonds is 6. The van der Waals surface area contributed by atoms with Crippen molar-refractivity contribution < 1.29 is 8.42 Å². The highest BCUT2D eigenvalue weighted by Gasteiger charge is 2.21. The first-order valence-corrected chi connectivity index (χ1v) is 8.47. The summed E-state index contributed by atoms with van der Waals surface area (Å²) in [5, 5.41) is 7.22. The highest BCUT2D eigenvalue weighted by atomic mass is 32.2. The molecule has 2 N–H and O–H groups in total. The summed E-state index contributed by atoms with van der Waals surface area (Å²) in [6.07, 6.45) is 3.88. The lowest BCUT2D eigenvalue weighted by molar-refractivity contribution is 0.598. The minimum absolute atomic E-state index is 0.362. The number of thiophene rings is 1. The van der Waals surface area contributed by atoms with Crippen LogP contribution in [0.1, 0.15) is 57.1 Å². The molecule has 0 aliphatic heterocycles. The molecule has 0 saturated heterocycles. The van der Waals surface area contributed by atoms with E-state index < -0.39 is 10.0 Å². The van der Waals surface area contributed by atoms with Gasteiger partial charge in [0, 0.05) is 0 Å². The summed E-state index contributed by atoms with van der Waals surface area (Å²) in [6.45, 7) is 6.35. The van der Waals surface area contributed by atoms with Gasteiger partial charge < -0.3 is 0 Å². The molecular formula is C12H21NO2S2. The molecule has 0 fully saturated rings. The van der Waals surface area contributed by atoms with Gasteiger partial charge in [-0.2, -0.15) is 0 Å². The first kappa shape index (κ1) is 14.7. The molecule has 1 atom stereocenters. The van der Waals surface area contributed by atoms with Crippen LogP contribution < -0.4 is 5.14 Å². The van der Waals surface area contributed by atoms with Gasteiger partial charge in [-0.1, -0.05) is 27.2 Å². The zero-order valence-corrected chi connectivity index (χ0v) is 12.3. The van der Waals surface area contributed by atoms with Gasteiger partial charge in [0.1, 0.15) is 4.21 Å². The third-order valence-electron chi connectivity index (χ3n) is 3.07. The minimum atomic E-state index is -3.57. The van der Waals surface area contributed by atoms with Crippen molar-refractivity contribution in [3.05, 3.63) is 16.5 Å². The van der Waals surface area contributed by atoms with Crippen molar-refractivity contribution in [1.29, 1.82) is 0 Å². The maximum Gasteiger partial charge on any atom is 0.247 e. The van der Waals surface area contributed by atoms with E-state index in [4.69, 9.17) is 5.14 Å². The van der Waals surface area contributed by atoms with Crippen LogP contribution in [-0.4, -0.2) is 8.42 Å². The van der Waals surface area contributed by atoms with Crippen LogP contribution in [0.15, 0.2) is 9.59 Å². The third-order valence-corrected chi connectivity index (χ3v) is 5.65. The molecule has 3 nitrogen and oxygen atoms in total. The normalized spacial score (nSPS) is 13.9. The second-order valence-electron chi connectivity index (χ2n) is 4.41. The highest BCUT2D eigenvalue weighted by Crippen LogP contribution is 2.33. The van der Waals surface area contributed by atoms with E-state index in [9.17, 15) is 8.42 Å². The molecule has 5 heteroatoms. The van der Waals surface area contributed by atoms with E-state index in [1.54, 1.807) is 0 Å². The SMILES string of the molecule is CCCCc1c(C(C)CC)csc1S(N)(=O)=O. The first-order valence-electron chi connectivity index (χ1n) is 6.04. The van der Waals surface area contributed by atoms with E-state index in [1.165, 1.54) is 11.3 Å². The van der Waals surface area contributed by atoms with Crippen molar-refractivity contribution in [3.8, 4) is 0 Å². The maximum absolute atomic E-state index is 11.5. The standard InChI is InChI=1S/C12H21NO2S2/c1-4-6-7-10-11(9(3)5-2)8-16-12(10)17(13,14)15/h8-9H,4-7H2,1-3H3,(H2,13,14,15). The van der Waals surface area contributed by atoms with Crippen LogP contribution in [0.25, 0.3) is 0 Å². The molecule has 0 saturated carbocycles. The molecule has 0 aromatic carbocycles. The Kier molecular flexibility index (Phi) is 5.16. The molecule has 1 aromatic rings. The van der Waals surface area contributed by atoms with Gasteiger partial charge >= 0.3 is 0 Å². The summed E-state index contributed by atoms with van der Waals surface area (Å²) in [6, 6.07) is 0. The Hall–Kier alpha value is -0.390. The van der Waals surface area contributed by atoms with Gasteiger partial charge in [0.2, 0.25) is 10.0 Å². The second kappa shape index (κ2) is 5.98. The van der Waals surface area contributed by atoms with Crippen molar-refractivity contribution in [2.75, 3.05) is 0 Å². The summed E-state index contributed by atoms with van der Waals surface area (Å²) in [5.41, 5.74) is 2.11. The highest BCUT2D eigenvalue weighted by molar-refractivity contribution is 7.91. The molecule has 98 valence electrons. The van der Waals surface area contributed by atoms with E-state index in [2.05, 4.69) is 20.8 Å². The summed E-state index contributed by atoms with van der Waals surface area (Å²) in [7, 11) is -3.57. The number of hydrogen-bond acceptors (Lipinski definition) is 3. The average Bonchev–Trinajstić information content (AvgIpc) is 2.68. The summed E-state index contributed by atoms with van der Waals surface area (Å²) in [5.74, 6) is 0.397. The zero-order chi connectivity index (χ0) is 13.1. The number of sulfonamides is 1. The van der Waals surface area contributed by atoms with Gasteiger partial charge in [-0.05, 0) is 41.7 Å². The minimum Gasteiger partial charge on any atom is -0.224 e. The number of unbranched alkanes of at least 4 members (excludes halogenated alkanes) is 1. The molecule has 1 aromatic heterocycles. The molecular weight excluding hydrogens is 254 g/mol. The summed E-state index contributed by atoms with van der Waals surface area (Å²) in [4.78, 5) is 0. The Bertz CT molecular complexity index is 463. The topological polar surface area (TPSA) is 60.2 Å². The summed E-state index contributed by atoms with van der Waals surface area (Å²) >= 11 is 1.26. The van der Waals surface area contributed by atoms with Crippen molar-refractivity contribution >= 4 is 21.4 Å². The fourth-order valence-corrected chi connectivity index (χ4v) is 4.06. The predicted molar refractivity (Wildman–Crippen MR) is 73.0 cm³/mol. The molecule has 17 heavy (non-hydrogen) atoms. The van der Waals surface area contributed by atoms with Gasteiger partial charge in [0.05, 0.1) is 0 Å². The third kappa shape index (κ3) is 3.53. The van der Waals surface area contributed by atoms with Crippen LogP contribution in [0, 0.1) is 0 Å². The van der Waals surface area contributed by atoms with Crippen molar-refractivity contribution in [1.82, 2.24) is 0 Å². The lowest BCUT2D eigenvalue weighted by Crippen LogP contribution is -2.13. The predicted octanol–water partition coefficient (Wildman–Crippen LogP) is 3.25. The summed E-state index contributed by atoms with van der Waals surface area (Å²) < 4.78 is 23.4. The molecule has 0 aliphatic carbocycles. The molecule has 0 amide bonds. The smallest absolute Gasteiger partial charge is 0.224 e. The Balaban J connectivity index is 3.20. The van der Waals surface area contributed by atoms with Gasteiger partial charge in [0.25, 0.3) is 0 Å². The Morgan fingerprint density at radius 2 is 2.06 bits per heavy atom. The van der Waals surface area contributed by atoms with E-state index in [0.29, 0.717) is 10.1 Å². The van der Waals surface area contributed by atoms with E-state index in [1.807, 2.05) is 5.38 Å². The molecule has 1 heterocycles. The quantitative estimate of drug-likeness (QED) is 0.866. The van der Waals surface area contributed by atoms with Crippen LogP contribution in [0.4, 0.5) is 0 Å². The van der Waals surface area contributed by atoms with Gasteiger partial charge in [-0.15, -0.1) is 11.3 Å². The van der Waals surface area contributed by atoms with Gasteiger partial charge in [-0.3, -0.25) is 0 Å². The van der Waals surface area contributed by atoms with E-state index in [0.717, 1.165) is 36.8 Å². The molecule has 0 bridgehead atoms. The zero-order valence-electron chi connectivity index (χ0n) is 10.7. The number of primary sulfonamides is 1. The first-order chi connectivity index (χ1) is 7.91. The maximum atomic E-state index is 11.5. The van der Waals surface area contributed by atoms with E-state index in [-0.39, 0.29) is 0 Å². The Morgan fingerprint density at radius 3 is 2.53 bits per heavy atom. The van der Waals surface area contributed by atoms with Crippen LogP contribution in [0.2, 0.25) is 0 Å². The molecule has 0 radical (unpaired) electrons. The monoisotopic (exact) mass is 275 g/mol. The van der Waals surface area contributed by atoms with Crippen molar-refractivity contribution in [2.24, 2.45) is 5.14 Å². The van der Waals surface area contributed by atoms with E-state index >= 15 is 0 Å². The Labute approximate surface area is 108 Å².